The van der Waals surface area contributed by atoms with Gasteiger partial charge in [0.2, 0.25) is 70.9 Å². The number of amides is 12. The zero-order valence-electron chi connectivity index (χ0n) is 65.6. The number of nitrogens with zero attached hydrogens (tertiary/aromatic N) is 5. The van der Waals surface area contributed by atoms with Crippen LogP contribution >= 0.6 is 0 Å². The molecule has 4 heterocycles. The van der Waals surface area contributed by atoms with Gasteiger partial charge in [0.25, 0.3) is 0 Å². The molecule has 2 saturated heterocycles. The van der Waals surface area contributed by atoms with Gasteiger partial charge in [-0.3, -0.25) is 91.5 Å². The highest BCUT2D eigenvalue weighted by molar-refractivity contribution is 5.98. The van der Waals surface area contributed by atoms with Gasteiger partial charge in [0, 0.05) is 113 Å². The normalized spacial score (nSPS) is 16.8. The summed E-state index contributed by atoms with van der Waals surface area (Å²) in [6, 6.07) is 3.51. The largest absolute Gasteiger partial charge is 0.480 e. The van der Waals surface area contributed by atoms with Crippen LogP contribution in [0.3, 0.4) is 0 Å². The van der Waals surface area contributed by atoms with E-state index in [0.29, 0.717) is 40.6 Å². The van der Waals surface area contributed by atoms with Crippen molar-refractivity contribution in [2.75, 3.05) is 78.5 Å². The summed E-state index contributed by atoms with van der Waals surface area (Å²) in [7, 11) is 0. The topological polar surface area (TPSA) is 567 Å². The molecule has 10 unspecified atom stereocenters. The number of rotatable bonds is 45. The summed E-state index contributed by atoms with van der Waals surface area (Å²) < 4.78 is 0. The molecular weight excluding hydrogens is 1480 g/mol. The third kappa shape index (κ3) is 31.5. The average Bonchev–Trinajstić information content (AvgIpc) is 1.68. The molecule has 2 aliphatic heterocycles. The van der Waals surface area contributed by atoms with Gasteiger partial charge in [0.05, 0.1) is 57.5 Å². The summed E-state index contributed by atoms with van der Waals surface area (Å²) >= 11 is 0. The van der Waals surface area contributed by atoms with Crippen molar-refractivity contribution in [1.82, 2.24) is 87.7 Å². The van der Waals surface area contributed by atoms with Crippen LogP contribution in [0, 0.1) is 17.8 Å². The number of aliphatic carboxylic acids is 3. The van der Waals surface area contributed by atoms with E-state index in [4.69, 9.17) is 11.5 Å². The lowest BCUT2D eigenvalue weighted by Crippen LogP contribution is -2.60. The monoisotopic (exact) mass is 1600 g/mol. The Morgan fingerprint density at radius 3 is 1.68 bits per heavy atom. The lowest BCUT2D eigenvalue weighted by Gasteiger charge is -2.33. The molecule has 0 aliphatic carbocycles. The van der Waals surface area contributed by atoms with Crippen molar-refractivity contribution in [2.24, 2.45) is 29.2 Å². The number of piperidine rings is 1. The number of nitrogens with two attached hydrogens (primary N) is 2. The fourth-order valence-corrected chi connectivity index (χ4v) is 13.5. The number of carbonyl (C=O) groups is 15. The molecule has 10 atom stereocenters. The van der Waals surface area contributed by atoms with Gasteiger partial charge in [-0.2, -0.15) is 0 Å². The predicted octanol–water partition coefficient (Wildman–Crippen LogP) is -3.30. The quantitative estimate of drug-likeness (QED) is 0.0206. The number of primary amides is 2. The van der Waals surface area contributed by atoms with Gasteiger partial charge in [0.1, 0.15) is 48.3 Å². The molecule has 4 aromatic rings. The second-order valence-corrected chi connectivity index (χ2v) is 30.3. The van der Waals surface area contributed by atoms with E-state index in [-0.39, 0.29) is 122 Å². The van der Waals surface area contributed by atoms with Gasteiger partial charge in [-0.1, -0.05) is 90.1 Å². The van der Waals surface area contributed by atoms with E-state index >= 15 is 0 Å². The molecule has 12 amide bonds. The van der Waals surface area contributed by atoms with Gasteiger partial charge in [-0.25, -0.2) is 4.98 Å². The maximum atomic E-state index is 14.8. The van der Waals surface area contributed by atoms with Gasteiger partial charge in [0.15, 0.2) is 0 Å². The summed E-state index contributed by atoms with van der Waals surface area (Å²) in [6.07, 6.45) is 1.93. The fraction of sp³-hybridized carbons (Fsp3) is 0.579. The summed E-state index contributed by atoms with van der Waals surface area (Å²) in [4.78, 5) is 218. The second-order valence-electron chi connectivity index (χ2n) is 30.3. The Hall–Kier alpha value is -11.0. The number of hydrogen-bond donors (Lipinski definition) is 18. The molecule has 38 nitrogen and oxygen atoms in total. The van der Waals surface area contributed by atoms with E-state index in [1.165, 1.54) is 24.3 Å². The van der Waals surface area contributed by atoms with Crippen molar-refractivity contribution in [2.45, 2.75) is 186 Å². The summed E-state index contributed by atoms with van der Waals surface area (Å²) in [6.45, 7) is 11.8. The number of benzene rings is 2. The lowest BCUT2D eigenvalue weighted by molar-refractivity contribution is -0.146. The van der Waals surface area contributed by atoms with E-state index in [1.54, 1.807) is 89.3 Å². The molecule has 2 aromatic carbocycles. The van der Waals surface area contributed by atoms with Gasteiger partial charge >= 0.3 is 17.9 Å². The SMILES string of the molecule is CC(C)CC(NC(=O)CC(O)C(CC(C)C)NC(=O)C(Cc1cnc[nH]1)NC(=O)CNC(=O)C(NC(=O)C(C)NC(=O)C(Cc1c[nH]c2ccccc12)NC(=O)C(CCC(N)=O)NC(=O)C(Cc1ccccc1)NC(=O)CN1CCC(NC(=O)CC(C(=O)O)N2CCN(CC(=O)O)CCN(CC(=O)O)CC2)CC1)C(C)C)C(N)=O. The van der Waals surface area contributed by atoms with E-state index in [0.717, 1.165) is 0 Å². The molecular formula is C76H113N19O19. The number of para-hydroxylation sites is 1. The number of carboxylic acid groups (broad SMARTS) is 3. The van der Waals surface area contributed by atoms with Crippen LogP contribution in [0.5, 0.6) is 0 Å². The Labute approximate surface area is 660 Å². The first-order valence-electron chi connectivity index (χ1n) is 38.4. The Bertz CT molecular complexity index is 3900. The van der Waals surface area contributed by atoms with Crippen LogP contribution in [-0.2, 0) is 91.2 Å². The minimum Gasteiger partial charge on any atom is -0.480 e. The first-order valence-corrected chi connectivity index (χ1v) is 38.4. The van der Waals surface area contributed by atoms with Crippen LogP contribution in [0.1, 0.15) is 117 Å². The van der Waals surface area contributed by atoms with Gasteiger partial charge < -0.3 is 95.0 Å². The summed E-state index contributed by atoms with van der Waals surface area (Å²) in [5, 5.41) is 68.0. The molecule has 0 radical (unpaired) electrons. The molecule has 0 saturated carbocycles. The number of nitrogens with one attached hydrogen (secondary N) is 12. The van der Waals surface area contributed by atoms with Crippen molar-refractivity contribution >= 4 is 99.7 Å². The number of likely N-dealkylation sites (tertiary alicyclic amines) is 1. The number of aliphatic hydroxyl groups is 1. The standard InChI is InChI=1S/C76H113N19O19/c1-43(2)29-54(60(96)35-63(99)85-55(69(78)106)30-44(3)4)89-74(111)58(33-50-37-79-42-82-50)86-64(100)38-81-75(112)68(45(5)6)91-70(107)46(7)83-72(109)57(32-48-36-80-52-16-12-11-15-51(48)52)90-71(108)53(17-18-61(77)97)88-73(110)56(31-47-13-9-8-10-14-47)87-65(101)39-92-21-19-49(20-22-92)84-62(98)34-59(76(113)114)95-27-25-93(40-66(102)103)23-24-94(26-28-95)41-67(104)105/h8-16,36-37,42-46,49,53-60,68,80,96H,17-35,38-41H2,1-7H3,(H2,77,97)(H2,78,106)(H,79,82)(H,81,112)(H,83,109)(H,84,98)(H,85,99)(H,86,100)(H,87,101)(H,88,110)(H,89,111)(H,90,108)(H,91,107)(H,102,103)(H,104,105)(H,113,114). The second kappa shape index (κ2) is 45.7. The van der Waals surface area contributed by atoms with E-state index in [1.807, 2.05) is 27.7 Å². The number of aromatic amines is 2. The van der Waals surface area contributed by atoms with E-state index < -0.39 is 187 Å². The van der Waals surface area contributed by atoms with Crippen LogP contribution in [0.25, 0.3) is 10.9 Å². The number of imidazole rings is 1. The highest BCUT2D eigenvalue weighted by atomic mass is 16.4. The van der Waals surface area contributed by atoms with E-state index in [9.17, 15) is 92.3 Å². The Balaban J connectivity index is 1.09. The number of aromatic nitrogens is 3. The molecule has 0 bridgehead atoms. The fourth-order valence-electron chi connectivity index (χ4n) is 13.5. The van der Waals surface area contributed by atoms with Crippen molar-refractivity contribution in [3.63, 3.8) is 0 Å². The maximum Gasteiger partial charge on any atom is 0.321 e. The summed E-state index contributed by atoms with van der Waals surface area (Å²) in [5.74, 6) is -13.7. The maximum absolute atomic E-state index is 14.8. The zero-order chi connectivity index (χ0) is 83.9. The molecule has 2 aromatic heterocycles. The molecule has 0 spiro atoms. The molecule has 2 aliphatic rings. The number of aliphatic hydroxyl groups excluding tert-OH is 1. The number of hydrogen-bond acceptors (Lipinski definition) is 21. The predicted molar refractivity (Wildman–Crippen MR) is 414 cm³/mol. The minimum absolute atomic E-state index is 0.00644. The average molecular weight is 1600 g/mol. The van der Waals surface area contributed by atoms with Crippen LogP contribution in [0.15, 0.2) is 73.3 Å². The molecule has 6 rings (SSSR count). The number of carbonyl (C=O) groups excluding carboxylic acids is 12. The zero-order valence-corrected chi connectivity index (χ0v) is 65.6. The van der Waals surface area contributed by atoms with Gasteiger partial charge in [-0.05, 0) is 74.0 Å². The minimum atomic E-state index is -1.57. The lowest BCUT2D eigenvalue weighted by atomic mass is 9.96. The number of fused-ring (bicyclic) bond motifs is 1. The molecule has 114 heavy (non-hydrogen) atoms. The molecule has 626 valence electrons. The smallest absolute Gasteiger partial charge is 0.321 e. The Kier molecular flexibility index (Phi) is 36.8. The van der Waals surface area contributed by atoms with Crippen LogP contribution in [0.4, 0.5) is 0 Å². The number of H-pyrrole nitrogens is 2. The van der Waals surface area contributed by atoms with Crippen LogP contribution < -0.4 is 64.6 Å². The Morgan fingerprint density at radius 1 is 0.535 bits per heavy atom. The van der Waals surface area contributed by atoms with Gasteiger partial charge in [-0.15, -0.1) is 0 Å². The number of carboxylic acids is 3. The van der Waals surface area contributed by atoms with Crippen molar-refractivity contribution in [3.8, 4) is 0 Å². The highest BCUT2D eigenvalue weighted by Gasteiger charge is 2.37. The third-order valence-corrected chi connectivity index (χ3v) is 19.6. The first-order chi connectivity index (χ1) is 54.0. The highest BCUT2D eigenvalue weighted by Crippen LogP contribution is 2.21. The van der Waals surface area contributed by atoms with Crippen molar-refractivity contribution < 1.29 is 92.3 Å². The summed E-state index contributed by atoms with van der Waals surface area (Å²) in [5.41, 5.74) is 13.4. The first kappa shape index (κ1) is 91.9. The molecule has 38 heteroatoms. The van der Waals surface area contributed by atoms with E-state index in [2.05, 4.69) is 68.1 Å². The van der Waals surface area contributed by atoms with Crippen molar-refractivity contribution in [3.05, 3.63) is 90.1 Å². The Morgan fingerprint density at radius 2 is 1.09 bits per heavy atom. The van der Waals surface area contributed by atoms with Crippen LogP contribution in [-0.4, -0.2) is 289 Å². The van der Waals surface area contributed by atoms with Crippen molar-refractivity contribution in [1.29, 1.82) is 0 Å². The molecule has 20 N–H and O–H groups in total. The van der Waals surface area contributed by atoms with Crippen LogP contribution in [0.2, 0.25) is 0 Å². The molecule has 2 fully saturated rings. The third-order valence-electron chi connectivity index (χ3n) is 19.6.